The van der Waals surface area contributed by atoms with Crippen LogP contribution in [0.1, 0.15) is 39.0 Å². The van der Waals surface area contributed by atoms with Gasteiger partial charge in [-0.25, -0.2) is 0 Å². The second-order valence-electron chi connectivity index (χ2n) is 4.82. The maximum atomic E-state index is 11.5. The molecule has 1 aliphatic rings. The van der Waals surface area contributed by atoms with Crippen LogP contribution >= 0.6 is 0 Å². The molecule has 4 nitrogen and oxygen atoms in total. The van der Waals surface area contributed by atoms with E-state index in [1.165, 1.54) is 19.3 Å². The molecule has 0 radical (unpaired) electrons. The summed E-state index contributed by atoms with van der Waals surface area (Å²) in [7, 11) is 1.78. The summed E-state index contributed by atoms with van der Waals surface area (Å²) < 4.78 is 5.44. The maximum Gasteiger partial charge on any atom is 0.248 e. The number of carbonyl (C=O) groups is 1. The molecule has 0 aromatic heterocycles. The first-order valence-corrected chi connectivity index (χ1v) is 6.18. The van der Waals surface area contributed by atoms with Crippen molar-refractivity contribution in [3.63, 3.8) is 0 Å². The molecule has 1 fully saturated rings. The van der Waals surface area contributed by atoms with E-state index < -0.39 is 0 Å². The van der Waals surface area contributed by atoms with Crippen LogP contribution in [0.5, 0.6) is 0 Å². The Kier molecular flexibility index (Phi) is 5.22. The van der Waals surface area contributed by atoms with Gasteiger partial charge >= 0.3 is 0 Å². The summed E-state index contributed by atoms with van der Waals surface area (Å²) >= 11 is 0. The molecule has 0 saturated heterocycles. The lowest BCUT2D eigenvalue weighted by atomic mass is 9.83. The summed E-state index contributed by atoms with van der Waals surface area (Å²) in [6.45, 7) is 3.33. The topological polar surface area (TPSA) is 55.6 Å². The molecule has 16 heavy (non-hydrogen) atoms. The lowest BCUT2D eigenvalue weighted by molar-refractivity contribution is -0.135. The Hall–Kier alpha value is -0.610. The van der Waals surface area contributed by atoms with Crippen molar-refractivity contribution < 1.29 is 9.53 Å². The number of amides is 1. The molecular formula is C12H24N2O2. The van der Waals surface area contributed by atoms with Crippen molar-refractivity contribution in [3.05, 3.63) is 0 Å². The molecule has 1 aliphatic carbocycles. The van der Waals surface area contributed by atoms with Crippen LogP contribution in [0.25, 0.3) is 0 Å². The molecule has 0 bridgehead atoms. The normalized spacial score (nSPS) is 19.4. The zero-order valence-electron chi connectivity index (χ0n) is 10.5. The summed E-state index contributed by atoms with van der Waals surface area (Å²) in [5.74, 6) is 0.0295. The first-order chi connectivity index (χ1) is 7.57. The van der Waals surface area contributed by atoms with Gasteiger partial charge in [-0.1, -0.05) is 19.3 Å². The smallest absolute Gasteiger partial charge is 0.248 e. The molecule has 0 atom stereocenters. The van der Waals surface area contributed by atoms with Crippen molar-refractivity contribution in [2.24, 2.45) is 5.73 Å². The van der Waals surface area contributed by atoms with Gasteiger partial charge in [-0.05, 0) is 19.8 Å². The van der Waals surface area contributed by atoms with E-state index in [0.29, 0.717) is 6.61 Å². The lowest BCUT2D eigenvalue weighted by Gasteiger charge is -2.33. The van der Waals surface area contributed by atoms with E-state index in [4.69, 9.17) is 10.5 Å². The fraction of sp³-hybridized carbons (Fsp3) is 0.917. The van der Waals surface area contributed by atoms with Gasteiger partial charge in [-0.2, -0.15) is 0 Å². The molecule has 2 N–H and O–H groups in total. The number of rotatable bonds is 5. The molecule has 0 unspecified atom stereocenters. The van der Waals surface area contributed by atoms with E-state index >= 15 is 0 Å². The Balaban J connectivity index is 2.21. The van der Waals surface area contributed by atoms with Gasteiger partial charge in [0.1, 0.15) is 6.61 Å². The molecular weight excluding hydrogens is 204 g/mol. The van der Waals surface area contributed by atoms with E-state index in [1.807, 2.05) is 6.92 Å². The van der Waals surface area contributed by atoms with Crippen molar-refractivity contribution >= 4 is 5.91 Å². The van der Waals surface area contributed by atoms with E-state index in [0.717, 1.165) is 19.4 Å². The second-order valence-corrected chi connectivity index (χ2v) is 4.82. The van der Waals surface area contributed by atoms with Gasteiger partial charge < -0.3 is 15.4 Å². The fourth-order valence-electron chi connectivity index (χ4n) is 2.03. The molecule has 94 valence electrons. The number of ether oxygens (including phenoxy) is 1. The predicted octanol–water partition coefficient (Wildman–Crippen LogP) is 1.14. The number of carbonyl (C=O) groups excluding carboxylic acids is 1. The van der Waals surface area contributed by atoms with E-state index in [1.54, 1.807) is 11.9 Å². The van der Waals surface area contributed by atoms with Crippen molar-refractivity contribution in [3.8, 4) is 0 Å². The molecule has 0 aliphatic heterocycles. The van der Waals surface area contributed by atoms with Crippen molar-refractivity contribution in [1.82, 2.24) is 4.90 Å². The molecule has 0 aromatic rings. The first kappa shape index (κ1) is 13.5. The third kappa shape index (κ3) is 4.10. The summed E-state index contributed by atoms with van der Waals surface area (Å²) in [5.41, 5.74) is 6.01. The Morgan fingerprint density at radius 1 is 1.38 bits per heavy atom. The number of nitrogens with two attached hydrogens (primary N) is 1. The van der Waals surface area contributed by atoms with Crippen molar-refractivity contribution in [2.75, 3.05) is 26.8 Å². The third-order valence-corrected chi connectivity index (χ3v) is 3.36. The molecule has 4 heteroatoms. The van der Waals surface area contributed by atoms with E-state index in [-0.39, 0.29) is 18.1 Å². The van der Waals surface area contributed by atoms with Gasteiger partial charge in [0.25, 0.3) is 0 Å². The average molecular weight is 228 g/mol. The minimum atomic E-state index is -0.191. The fourth-order valence-corrected chi connectivity index (χ4v) is 2.03. The summed E-state index contributed by atoms with van der Waals surface area (Å²) in [6, 6.07) is 0. The summed E-state index contributed by atoms with van der Waals surface area (Å²) in [6.07, 6.45) is 5.68. The van der Waals surface area contributed by atoms with Crippen LogP contribution < -0.4 is 5.73 Å². The van der Waals surface area contributed by atoms with Crippen LogP contribution in [-0.4, -0.2) is 43.2 Å². The maximum absolute atomic E-state index is 11.5. The number of hydrogen-bond donors (Lipinski definition) is 1. The Bertz CT molecular complexity index is 225. The minimum Gasteiger partial charge on any atom is -0.370 e. The standard InChI is InChI=1S/C12H24N2O2/c1-3-14(2)11(15)9-16-10-12(13)7-5-4-6-8-12/h3-10,13H2,1-2H3. The highest BCUT2D eigenvalue weighted by molar-refractivity contribution is 5.77. The molecule has 1 amide bonds. The third-order valence-electron chi connectivity index (χ3n) is 3.36. The largest absolute Gasteiger partial charge is 0.370 e. The highest BCUT2D eigenvalue weighted by Crippen LogP contribution is 2.25. The number of likely N-dealkylation sites (N-methyl/N-ethyl adjacent to an activating group) is 1. The van der Waals surface area contributed by atoms with Gasteiger partial charge in [-0.3, -0.25) is 4.79 Å². The highest BCUT2D eigenvalue weighted by atomic mass is 16.5. The van der Waals surface area contributed by atoms with Crippen LogP contribution in [0, 0.1) is 0 Å². The molecule has 0 heterocycles. The lowest BCUT2D eigenvalue weighted by Crippen LogP contribution is -2.46. The Labute approximate surface area is 98.1 Å². The molecule has 1 rings (SSSR count). The van der Waals surface area contributed by atoms with E-state index in [9.17, 15) is 4.79 Å². The predicted molar refractivity (Wildman–Crippen MR) is 64.1 cm³/mol. The monoisotopic (exact) mass is 228 g/mol. The van der Waals surface area contributed by atoms with Gasteiger partial charge in [-0.15, -0.1) is 0 Å². The van der Waals surface area contributed by atoms with Gasteiger partial charge in [0.15, 0.2) is 0 Å². The van der Waals surface area contributed by atoms with Crippen molar-refractivity contribution in [2.45, 2.75) is 44.6 Å². The van der Waals surface area contributed by atoms with Gasteiger partial charge in [0.2, 0.25) is 5.91 Å². The van der Waals surface area contributed by atoms with Crippen LogP contribution in [0.4, 0.5) is 0 Å². The van der Waals surface area contributed by atoms with Crippen LogP contribution in [-0.2, 0) is 9.53 Å². The SMILES string of the molecule is CCN(C)C(=O)COCC1(N)CCCCC1. The Morgan fingerprint density at radius 2 is 2.00 bits per heavy atom. The average Bonchev–Trinajstić information content (AvgIpc) is 2.28. The van der Waals surface area contributed by atoms with E-state index in [2.05, 4.69) is 0 Å². The minimum absolute atomic E-state index is 0.0295. The Morgan fingerprint density at radius 3 is 2.56 bits per heavy atom. The zero-order valence-corrected chi connectivity index (χ0v) is 10.5. The van der Waals surface area contributed by atoms with Gasteiger partial charge in [0, 0.05) is 19.1 Å². The summed E-state index contributed by atoms with van der Waals surface area (Å²) in [5, 5.41) is 0. The first-order valence-electron chi connectivity index (χ1n) is 6.18. The zero-order chi connectivity index (χ0) is 12.0. The van der Waals surface area contributed by atoms with Crippen molar-refractivity contribution in [1.29, 1.82) is 0 Å². The quantitative estimate of drug-likeness (QED) is 0.768. The van der Waals surface area contributed by atoms with Gasteiger partial charge in [0.05, 0.1) is 6.61 Å². The van der Waals surface area contributed by atoms with Crippen LogP contribution in [0.15, 0.2) is 0 Å². The number of hydrogen-bond acceptors (Lipinski definition) is 3. The van der Waals surface area contributed by atoms with Crippen LogP contribution in [0.3, 0.4) is 0 Å². The van der Waals surface area contributed by atoms with Crippen LogP contribution in [0.2, 0.25) is 0 Å². The molecule has 0 aromatic carbocycles. The summed E-state index contributed by atoms with van der Waals surface area (Å²) in [4.78, 5) is 13.1. The second kappa shape index (κ2) is 6.21. The molecule has 0 spiro atoms. The highest BCUT2D eigenvalue weighted by Gasteiger charge is 2.27. The molecule has 1 saturated carbocycles. The number of nitrogens with zero attached hydrogens (tertiary/aromatic N) is 1.